The van der Waals surface area contributed by atoms with Crippen LogP contribution in [-0.4, -0.2) is 18.5 Å². The Labute approximate surface area is 199 Å². The SMILES string of the molecule is CCOC(=O)C1=C(C)N(c2ccc(C)cc2)C(=O)/C1=C\c1ccccc1OCc1ccccc1. The summed E-state index contributed by atoms with van der Waals surface area (Å²) in [5.74, 6) is -0.166. The number of para-hydroxylation sites is 1. The highest BCUT2D eigenvalue weighted by atomic mass is 16.5. The molecule has 0 bridgehead atoms. The second-order valence-corrected chi connectivity index (χ2v) is 8.03. The van der Waals surface area contributed by atoms with Gasteiger partial charge in [0.05, 0.1) is 17.8 Å². The second kappa shape index (κ2) is 10.2. The average Bonchev–Trinajstić information content (AvgIpc) is 3.09. The van der Waals surface area contributed by atoms with Gasteiger partial charge in [0.15, 0.2) is 0 Å². The van der Waals surface area contributed by atoms with Crippen LogP contribution in [0, 0.1) is 6.92 Å². The van der Waals surface area contributed by atoms with Crippen molar-refractivity contribution in [3.8, 4) is 5.75 Å². The monoisotopic (exact) mass is 453 g/mol. The van der Waals surface area contributed by atoms with Crippen LogP contribution in [0.4, 0.5) is 5.69 Å². The molecule has 5 heteroatoms. The summed E-state index contributed by atoms with van der Waals surface area (Å²) in [6.07, 6.45) is 1.71. The summed E-state index contributed by atoms with van der Waals surface area (Å²) in [7, 11) is 0. The highest BCUT2D eigenvalue weighted by molar-refractivity contribution is 6.23. The number of rotatable bonds is 7. The van der Waals surface area contributed by atoms with E-state index in [-0.39, 0.29) is 23.7 Å². The highest BCUT2D eigenvalue weighted by Gasteiger charge is 2.38. The topological polar surface area (TPSA) is 55.8 Å². The van der Waals surface area contributed by atoms with E-state index in [9.17, 15) is 9.59 Å². The van der Waals surface area contributed by atoms with Crippen LogP contribution >= 0.6 is 0 Å². The maximum absolute atomic E-state index is 13.6. The highest BCUT2D eigenvalue weighted by Crippen LogP contribution is 2.36. The Morgan fingerprint density at radius 1 is 0.912 bits per heavy atom. The first-order valence-electron chi connectivity index (χ1n) is 11.3. The third-order valence-corrected chi connectivity index (χ3v) is 5.63. The van der Waals surface area contributed by atoms with Crippen molar-refractivity contribution in [2.24, 2.45) is 0 Å². The lowest BCUT2D eigenvalue weighted by molar-refractivity contribution is -0.138. The minimum Gasteiger partial charge on any atom is -0.488 e. The van der Waals surface area contributed by atoms with E-state index in [0.717, 1.165) is 11.1 Å². The Hall–Kier alpha value is -4.12. The van der Waals surface area contributed by atoms with Crippen LogP contribution in [0.5, 0.6) is 5.75 Å². The maximum atomic E-state index is 13.6. The molecule has 0 radical (unpaired) electrons. The lowest BCUT2D eigenvalue weighted by atomic mass is 10.0. The molecule has 4 rings (SSSR count). The minimum absolute atomic E-state index is 0.221. The largest absolute Gasteiger partial charge is 0.488 e. The zero-order valence-electron chi connectivity index (χ0n) is 19.6. The van der Waals surface area contributed by atoms with E-state index >= 15 is 0 Å². The van der Waals surface area contributed by atoms with Crippen molar-refractivity contribution in [2.75, 3.05) is 11.5 Å². The molecule has 0 saturated heterocycles. The molecule has 1 amide bonds. The lowest BCUT2D eigenvalue weighted by Crippen LogP contribution is -2.24. The minimum atomic E-state index is -0.517. The van der Waals surface area contributed by atoms with Crippen molar-refractivity contribution in [1.29, 1.82) is 0 Å². The van der Waals surface area contributed by atoms with E-state index in [0.29, 0.717) is 29.3 Å². The fourth-order valence-electron chi connectivity index (χ4n) is 3.91. The molecule has 1 aliphatic rings. The van der Waals surface area contributed by atoms with Gasteiger partial charge < -0.3 is 9.47 Å². The maximum Gasteiger partial charge on any atom is 0.340 e. The molecule has 0 spiro atoms. The summed E-state index contributed by atoms with van der Waals surface area (Å²) in [6, 6.07) is 25.0. The first-order chi connectivity index (χ1) is 16.5. The van der Waals surface area contributed by atoms with Gasteiger partial charge in [-0.3, -0.25) is 9.69 Å². The molecule has 0 saturated carbocycles. The number of ether oxygens (including phenoxy) is 2. The van der Waals surface area contributed by atoms with Crippen LogP contribution < -0.4 is 9.64 Å². The zero-order chi connectivity index (χ0) is 24.1. The molecule has 5 nitrogen and oxygen atoms in total. The van der Waals surface area contributed by atoms with E-state index in [4.69, 9.17) is 9.47 Å². The Bertz CT molecular complexity index is 1260. The number of allylic oxidation sites excluding steroid dienone is 1. The van der Waals surface area contributed by atoms with E-state index in [1.165, 1.54) is 0 Å². The first-order valence-corrected chi connectivity index (χ1v) is 11.3. The van der Waals surface area contributed by atoms with Gasteiger partial charge in [0.25, 0.3) is 5.91 Å². The Morgan fingerprint density at radius 2 is 1.59 bits per heavy atom. The number of hydrogen-bond donors (Lipinski definition) is 0. The van der Waals surface area contributed by atoms with Gasteiger partial charge in [-0.05, 0) is 50.6 Å². The molecule has 1 aliphatic heterocycles. The molecule has 0 aromatic heterocycles. The standard InChI is InChI=1S/C29H27NO4/c1-4-33-29(32)27-21(3)30(24-16-14-20(2)15-17-24)28(31)25(27)18-23-12-8-9-13-26(23)34-19-22-10-6-5-7-11-22/h5-18H,4,19H2,1-3H3/b25-18-. The number of benzene rings is 3. The van der Waals surface area contributed by atoms with Gasteiger partial charge in [0.2, 0.25) is 0 Å². The van der Waals surface area contributed by atoms with Crippen LogP contribution in [0.25, 0.3) is 6.08 Å². The summed E-state index contributed by atoms with van der Waals surface area (Å²) in [4.78, 5) is 28.0. The quantitative estimate of drug-likeness (QED) is 0.333. The molecule has 0 N–H and O–H groups in total. The predicted octanol–water partition coefficient (Wildman–Crippen LogP) is 5.84. The van der Waals surface area contributed by atoms with Gasteiger partial charge in [-0.1, -0.05) is 66.2 Å². The number of amides is 1. The number of anilines is 1. The molecular formula is C29H27NO4. The predicted molar refractivity (Wildman–Crippen MR) is 133 cm³/mol. The van der Waals surface area contributed by atoms with Gasteiger partial charge >= 0.3 is 5.97 Å². The third kappa shape index (κ3) is 4.79. The van der Waals surface area contributed by atoms with Crippen molar-refractivity contribution < 1.29 is 19.1 Å². The second-order valence-electron chi connectivity index (χ2n) is 8.03. The number of carbonyl (C=O) groups excluding carboxylic acids is 2. The number of aryl methyl sites for hydroxylation is 1. The van der Waals surface area contributed by atoms with Crippen LogP contribution in [0.1, 0.15) is 30.5 Å². The van der Waals surface area contributed by atoms with Crippen LogP contribution in [0.15, 0.2) is 95.7 Å². The Morgan fingerprint density at radius 3 is 2.29 bits per heavy atom. The summed E-state index contributed by atoms with van der Waals surface area (Å²) in [5.41, 5.74) is 4.63. The molecule has 0 aliphatic carbocycles. The Balaban J connectivity index is 1.73. The molecule has 172 valence electrons. The van der Waals surface area contributed by atoms with Crippen molar-refractivity contribution in [3.05, 3.63) is 112 Å². The van der Waals surface area contributed by atoms with Crippen LogP contribution in [0.2, 0.25) is 0 Å². The van der Waals surface area contributed by atoms with E-state index < -0.39 is 5.97 Å². The first kappa shape index (κ1) is 23.1. The molecule has 3 aromatic carbocycles. The summed E-state index contributed by atoms with van der Waals surface area (Å²) >= 11 is 0. The molecule has 0 fully saturated rings. The van der Waals surface area contributed by atoms with Crippen LogP contribution in [0.3, 0.4) is 0 Å². The van der Waals surface area contributed by atoms with E-state index in [1.807, 2.05) is 85.8 Å². The number of esters is 1. The number of nitrogens with zero attached hydrogens (tertiary/aromatic N) is 1. The average molecular weight is 454 g/mol. The fraction of sp³-hybridized carbons (Fsp3) is 0.172. The van der Waals surface area contributed by atoms with Crippen LogP contribution in [-0.2, 0) is 20.9 Å². The van der Waals surface area contributed by atoms with Gasteiger partial charge in [-0.2, -0.15) is 0 Å². The third-order valence-electron chi connectivity index (χ3n) is 5.63. The lowest BCUT2D eigenvalue weighted by Gasteiger charge is -2.18. The van der Waals surface area contributed by atoms with E-state index in [2.05, 4.69) is 0 Å². The summed E-state index contributed by atoms with van der Waals surface area (Å²) in [6.45, 7) is 6.11. The van der Waals surface area contributed by atoms with Crippen molar-refractivity contribution in [1.82, 2.24) is 0 Å². The van der Waals surface area contributed by atoms with Gasteiger partial charge in [0.1, 0.15) is 12.4 Å². The number of hydrogen-bond acceptors (Lipinski definition) is 4. The smallest absolute Gasteiger partial charge is 0.340 e. The van der Waals surface area contributed by atoms with Gasteiger partial charge in [-0.25, -0.2) is 4.79 Å². The normalized spacial score (nSPS) is 14.6. The summed E-state index contributed by atoms with van der Waals surface area (Å²) in [5, 5.41) is 0. The van der Waals surface area contributed by atoms with Crippen molar-refractivity contribution in [2.45, 2.75) is 27.4 Å². The molecule has 3 aromatic rings. The summed E-state index contributed by atoms with van der Waals surface area (Å²) < 4.78 is 11.4. The molecule has 34 heavy (non-hydrogen) atoms. The fourth-order valence-corrected chi connectivity index (χ4v) is 3.91. The molecular weight excluding hydrogens is 426 g/mol. The van der Waals surface area contributed by atoms with Gasteiger partial charge in [0, 0.05) is 16.9 Å². The molecule has 0 unspecified atom stereocenters. The molecule has 0 atom stereocenters. The van der Waals surface area contributed by atoms with Crippen molar-refractivity contribution in [3.63, 3.8) is 0 Å². The Kier molecular flexibility index (Phi) is 6.93. The van der Waals surface area contributed by atoms with Crippen molar-refractivity contribution >= 4 is 23.6 Å². The van der Waals surface area contributed by atoms with Gasteiger partial charge in [-0.15, -0.1) is 0 Å². The molecule has 1 heterocycles. The zero-order valence-corrected chi connectivity index (χ0v) is 19.6. The van der Waals surface area contributed by atoms with E-state index in [1.54, 1.807) is 24.8 Å². The number of carbonyl (C=O) groups is 2.